The lowest BCUT2D eigenvalue weighted by Crippen LogP contribution is -2.31. The standard InChI is InChI=1S/C19H18ClN5O2S/c1-10(2)23-17(26)13-6-5-12(20)9-14(13)25-18(27)15-11(3)24-19(28-15)16-21-7-4-8-22-16/h4-10H,1-3H3,(H,23,26)(H,25,27). The summed E-state index contributed by atoms with van der Waals surface area (Å²) < 4.78 is 0. The summed E-state index contributed by atoms with van der Waals surface area (Å²) in [6, 6.07) is 6.41. The highest BCUT2D eigenvalue weighted by molar-refractivity contribution is 7.17. The van der Waals surface area contributed by atoms with Crippen LogP contribution >= 0.6 is 22.9 Å². The van der Waals surface area contributed by atoms with E-state index in [1.54, 1.807) is 43.6 Å². The maximum Gasteiger partial charge on any atom is 0.267 e. The van der Waals surface area contributed by atoms with Crippen LogP contribution in [0.15, 0.2) is 36.7 Å². The first-order valence-electron chi connectivity index (χ1n) is 8.51. The molecule has 9 heteroatoms. The molecule has 0 atom stereocenters. The predicted octanol–water partition coefficient (Wildman–Crippen LogP) is 3.95. The number of amides is 2. The van der Waals surface area contributed by atoms with Gasteiger partial charge in [0.15, 0.2) is 10.8 Å². The summed E-state index contributed by atoms with van der Waals surface area (Å²) in [5.74, 6) is -0.214. The molecule has 0 saturated carbocycles. The molecule has 0 bridgehead atoms. The molecule has 2 aromatic heterocycles. The molecule has 0 spiro atoms. The molecule has 3 rings (SSSR count). The highest BCUT2D eigenvalue weighted by Crippen LogP contribution is 2.27. The number of halogens is 1. The molecule has 144 valence electrons. The first-order valence-corrected chi connectivity index (χ1v) is 9.71. The van der Waals surface area contributed by atoms with Gasteiger partial charge in [0.1, 0.15) is 4.88 Å². The maximum absolute atomic E-state index is 12.8. The molecule has 0 aliphatic rings. The number of thiazole rings is 1. The Kier molecular flexibility index (Phi) is 6.01. The molecule has 2 amide bonds. The van der Waals surface area contributed by atoms with Crippen molar-refractivity contribution in [2.45, 2.75) is 26.8 Å². The number of carbonyl (C=O) groups is 2. The number of nitrogens with one attached hydrogen (secondary N) is 2. The molecular weight excluding hydrogens is 398 g/mol. The molecule has 0 aliphatic heterocycles. The van der Waals surface area contributed by atoms with Gasteiger partial charge >= 0.3 is 0 Å². The Morgan fingerprint density at radius 3 is 2.54 bits per heavy atom. The highest BCUT2D eigenvalue weighted by Gasteiger charge is 2.20. The van der Waals surface area contributed by atoms with E-state index in [2.05, 4.69) is 25.6 Å². The van der Waals surface area contributed by atoms with E-state index in [0.717, 1.165) is 0 Å². The maximum atomic E-state index is 12.8. The van der Waals surface area contributed by atoms with Gasteiger partial charge in [-0.2, -0.15) is 0 Å². The summed E-state index contributed by atoms with van der Waals surface area (Å²) in [6.07, 6.45) is 3.23. The van der Waals surface area contributed by atoms with Gasteiger partial charge in [-0.15, -0.1) is 11.3 Å². The number of aromatic nitrogens is 3. The van der Waals surface area contributed by atoms with Gasteiger partial charge in [0.05, 0.1) is 16.9 Å². The number of aryl methyl sites for hydroxylation is 1. The molecule has 2 heterocycles. The molecule has 0 saturated heterocycles. The first-order chi connectivity index (χ1) is 13.3. The van der Waals surface area contributed by atoms with Crippen LogP contribution in [0, 0.1) is 6.92 Å². The fourth-order valence-corrected chi connectivity index (χ4v) is 3.53. The molecule has 2 N–H and O–H groups in total. The van der Waals surface area contributed by atoms with E-state index in [4.69, 9.17) is 11.6 Å². The Labute approximate surface area is 171 Å². The van der Waals surface area contributed by atoms with Crippen molar-refractivity contribution in [3.05, 3.63) is 57.8 Å². The van der Waals surface area contributed by atoms with Crippen molar-refractivity contribution < 1.29 is 9.59 Å². The summed E-state index contributed by atoms with van der Waals surface area (Å²) in [7, 11) is 0. The van der Waals surface area contributed by atoms with Crippen LogP contribution in [0.1, 0.15) is 39.6 Å². The number of nitrogens with zero attached hydrogens (tertiary/aromatic N) is 3. The minimum Gasteiger partial charge on any atom is -0.350 e. The van der Waals surface area contributed by atoms with Crippen LogP contribution in [0.4, 0.5) is 5.69 Å². The average Bonchev–Trinajstić information content (AvgIpc) is 3.04. The number of carbonyl (C=O) groups excluding carboxylic acids is 2. The first kappa shape index (κ1) is 19.9. The summed E-state index contributed by atoms with van der Waals surface area (Å²) in [6.45, 7) is 5.46. The number of hydrogen-bond acceptors (Lipinski definition) is 6. The van der Waals surface area contributed by atoms with Gasteiger partial charge in [-0.1, -0.05) is 11.6 Å². The monoisotopic (exact) mass is 415 g/mol. The molecular formula is C19H18ClN5O2S. The Morgan fingerprint density at radius 2 is 1.86 bits per heavy atom. The second kappa shape index (κ2) is 8.45. The summed E-state index contributed by atoms with van der Waals surface area (Å²) in [5.41, 5.74) is 1.22. The predicted molar refractivity (Wildman–Crippen MR) is 110 cm³/mol. The number of rotatable bonds is 5. The van der Waals surface area contributed by atoms with E-state index >= 15 is 0 Å². The highest BCUT2D eigenvalue weighted by atomic mass is 35.5. The zero-order chi connectivity index (χ0) is 20.3. The van der Waals surface area contributed by atoms with Crippen LogP contribution in [-0.2, 0) is 0 Å². The van der Waals surface area contributed by atoms with Gasteiger partial charge in [-0.05, 0) is 45.0 Å². The van der Waals surface area contributed by atoms with E-state index in [0.29, 0.717) is 37.7 Å². The minimum absolute atomic E-state index is 0.0381. The van der Waals surface area contributed by atoms with E-state index in [9.17, 15) is 9.59 Å². The number of hydrogen-bond donors (Lipinski definition) is 2. The zero-order valence-electron chi connectivity index (χ0n) is 15.5. The second-order valence-corrected chi connectivity index (χ2v) is 7.71. The van der Waals surface area contributed by atoms with Gasteiger partial charge in [-0.3, -0.25) is 9.59 Å². The van der Waals surface area contributed by atoms with Crippen molar-refractivity contribution in [3.8, 4) is 10.8 Å². The van der Waals surface area contributed by atoms with Crippen molar-refractivity contribution in [1.29, 1.82) is 0 Å². The summed E-state index contributed by atoms with van der Waals surface area (Å²) in [5, 5.41) is 6.54. The quantitative estimate of drug-likeness (QED) is 0.657. The molecule has 0 unspecified atom stereocenters. The second-order valence-electron chi connectivity index (χ2n) is 6.28. The fraction of sp³-hybridized carbons (Fsp3) is 0.211. The third-order valence-corrected chi connectivity index (χ3v) is 5.04. The fourth-order valence-electron chi connectivity index (χ4n) is 2.45. The van der Waals surface area contributed by atoms with E-state index in [1.165, 1.54) is 11.3 Å². The normalized spacial score (nSPS) is 10.8. The summed E-state index contributed by atoms with van der Waals surface area (Å²) in [4.78, 5) is 38.4. The lowest BCUT2D eigenvalue weighted by Gasteiger charge is -2.13. The lowest BCUT2D eigenvalue weighted by molar-refractivity contribution is 0.0944. The molecule has 3 aromatic rings. The van der Waals surface area contributed by atoms with Crippen molar-refractivity contribution >= 4 is 40.4 Å². The minimum atomic E-state index is -0.377. The molecule has 1 aromatic carbocycles. The Hall–Kier alpha value is -2.84. The van der Waals surface area contributed by atoms with Crippen LogP contribution in [0.25, 0.3) is 10.8 Å². The Morgan fingerprint density at radius 1 is 1.14 bits per heavy atom. The van der Waals surface area contributed by atoms with Crippen LogP contribution in [0.5, 0.6) is 0 Å². The zero-order valence-corrected chi connectivity index (χ0v) is 17.1. The van der Waals surface area contributed by atoms with Crippen molar-refractivity contribution in [2.24, 2.45) is 0 Å². The van der Waals surface area contributed by atoms with Crippen molar-refractivity contribution in [2.75, 3.05) is 5.32 Å². The van der Waals surface area contributed by atoms with E-state index < -0.39 is 0 Å². The van der Waals surface area contributed by atoms with Crippen LogP contribution in [0.3, 0.4) is 0 Å². The van der Waals surface area contributed by atoms with Crippen LogP contribution in [-0.4, -0.2) is 32.8 Å². The molecule has 0 fully saturated rings. The third-order valence-electron chi connectivity index (χ3n) is 3.65. The van der Waals surface area contributed by atoms with E-state index in [-0.39, 0.29) is 17.9 Å². The molecule has 0 aliphatic carbocycles. The van der Waals surface area contributed by atoms with Gasteiger partial charge in [0, 0.05) is 23.5 Å². The molecule has 28 heavy (non-hydrogen) atoms. The summed E-state index contributed by atoms with van der Waals surface area (Å²) >= 11 is 7.25. The SMILES string of the molecule is Cc1nc(-c2ncccn2)sc1C(=O)Nc1cc(Cl)ccc1C(=O)NC(C)C. The van der Waals surface area contributed by atoms with Gasteiger partial charge in [0.2, 0.25) is 0 Å². The number of benzene rings is 1. The van der Waals surface area contributed by atoms with Crippen molar-refractivity contribution in [3.63, 3.8) is 0 Å². The van der Waals surface area contributed by atoms with Crippen molar-refractivity contribution in [1.82, 2.24) is 20.3 Å². The van der Waals surface area contributed by atoms with E-state index in [1.807, 2.05) is 13.8 Å². The van der Waals surface area contributed by atoms with Gasteiger partial charge in [-0.25, -0.2) is 15.0 Å². The van der Waals surface area contributed by atoms with Crippen LogP contribution in [0.2, 0.25) is 5.02 Å². The van der Waals surface area contributed by atoms with Gasteiger partial charge in [0.25, 0.3) is 11.8 Å². The number of anilines is 1. The van der Waals surface area contributed by atoms with Gasteiger partial charge < -0.3 is 10.6 Å². The third kappa shape index (κ3) is 4.52. The van der Waals surface area contributed by atoms with Crippen LogP contribution < -0.4 is 10.6 Å². The Bertz CT molecular complexity index is 1020. The molecule has 7 nitrogen and oxygen atoms in total. The largest absolute Gasteiger partial charge is 0.350 e. The molecule has 0 radical (unpaired) electrons. The average molecular weight is 416 g/mol. The lowest BCUT2D eigenvalue weighted by atomic mass is 10.1. The Balaban J connectivity index is 1.89. The smallest absolute Gasteiger partial charge is 0.267 e. The topological polar surface area (TPSA) is 96.9 Å².